The number of Topliss-reactive ketones (excluding diaryl/α,β-unsaturated/α-hetero) is 1. The van der Waals surface area contributed by atoms with E-state index in [9.17, 15) is 9.90 Å². The number of hydrogen-bond donors (Lipinski definition) is 1. The number of piperazine rings is 1. The van der Waals surface area contributed by atoms with Crippen LogP contribution in [0.15, 0.2) is 64.8 Å². The first-order valence-corrected chi connectivity index (χ1v) is 10.9. The van der Waals surface area contributed by atoms with Gasteiger partial charge in [0, 0.05) is 45.3 Å². The molecule has 0 saturated carbocycles. The van der Waals surface area contributed by atoms with Crippen molar-refractivity contribution in [2.24, 2.45) is 0 Å². The number of nitrogens with zero attached hydrogens (tertiary/aromatic N) is 2. The largest absolute Gasteiger partial charge is 0.507 e. The van der Waals surface area contributed by atoms with Crippen molar-refractivity contribution in [3.05, 3.63) is 88.6 Å². The number of aryl methyl sites for hydroxylation is 1. The number of carbonyl (C=O) groups excluding carboxylic acids is 1. The molecule has 1 aromatic heterocycles. The molecular formula is C26H26N2O4. The van der Waals surface area contributed by atoms with Crippen molar-refractivity contribution in [3.8, 4) is 11.5 Å². The number of carbonyl (C=O) groups is 1. The molecule has 0 spiro atoms. The fourth-order valence-corrected chi connectivity index (χ4v) is 4.28. The minimum Gasteiger partial charge on any atom is -0.507 e. The zero-order valence-electron chi connectivity index (χ0n) is 18.1. The smallest absolute Gasteiger partial charge is 0.232 e. The maximum atomic E-state index is 12.8. The Labute approximate surface area is 187 Å². The molecule has 3 heterocycles. The number of phenolic OH excluding ortho intramolecular Hbond substituents is 1. The van der Waals surface area contributed by atoms with Crippen LogP contribution in [0.4, 0.5) is 0 Å². The Morgan fingerprint density at radius 1 is 0.938 bits per heavy atom. The SMILES string of the molecule is Cc1ccc(/C=C2\Oc3c(ccc(O)c3CN3CCN(Cc4ccccc4)CC3)C2=O)o1. The number of allylic oxidation sites excluding steroid dienone is 1. The van der Waals surface area contributed by atoms with Crippen LogP contribution in [0.3, 0.4) is 0 Å². The van der Waals surface area contributed by atoms with Crippen molar-refractivity contribution in [2.45, 2.75) is 20.0 Å². The van der Waals surface area contributed by atoms with E-state index in [-0.39, 0.29) is 17.3 Å². The van der Waals surface area contributed by atoms with E-state index in [1.165, 1.54) is 5.56 Å². The molecule has 1 N–H and O–H groups in total. The number of benzene rings is 2. The molecule has 2 aliphatic rings. The molecule has 2 aromatic carbocycles. The molecule has 0 bridgehead atoms. The summed E-state index contributed by atoms with van der Waals surface area (Å²) in [5.74, 6) is 1.97. The minimum atomic E-state index is -0.192. The van der Waals surface area contributed by atoms with Crippen LogP contribution in [0.1, 0.15) is 33.0 Å². The summed E-state index contributed by atoms with van der Waals surface area (Å²) < 4.78 is 11.5. The second-order valence-electron chi connectivity index (χ2n) is 8.37. The van der Waals surface area contributed by atoms with Crippen LogP contribution in [-0.4, -0.2) is 46.9 Å². The van der Waals surface area contributed by atoms with Crippen LogP contribution >= 0.6 is 0 Å². The van der Waals surface area contributed by atoms with E-state index in [0.717, 1.165) is 38.5 Å². The number of fused-ring (bicyclic) bond motifs is 1. The lowest BCUT2D eigenvalue weighted by Crippen LogP contribution is -2.45. The predicted octanol–water partition coefficient (Wildman–Crippen LogP) is 4.23. The molecule has 0 atom stereocenters. The Kier molecular flexibility index (Phi) is 5.55. The number of furan rings is 1. The summed E-state index contributed by atoms with van der Waals surface area (Å²) in [5, 5.41) is 10.6. The van der Waals surface area contributed by atoms with Gasteiger partial charge in [0.1, 0.15) is 23.0 Å². The van der Waals surface area contributed by atoms with Gasteiger partial charge >= 0.3 is 0 Å². The summed E-state index contributed by atoms with van der Waals surface area (Å²) >= 11 is 0. The Bertz CT molecular complexity index is 1160. The van der Waals surface area contributed by atoms with Crippen LogP contribution in [0.25, 0.3) is 6.08 Å². The second-order valence-corrected chi connectivity index (χ2v) is 8.37. The third-order valence-electron chi connectivity index (χ3n) is 6.05. The molecule has 3 aromatic rings. The van der Waals surface area contributed by atoms with Crippen molar-refractivity contribution in [1.29, 1.82) is 0 Å². The van der Waals surface area contributed by atoms with Gasteiger partial charge in [-0.1, -0.05) is 30.3 Å². The van der Waals surface area contributed by atoms with Crippen molar-refractivity contribution in [2.75, 3.05) is 26.2 Å². The zero-order chi connectivity index (χ0) is 22.1. The molecule has 1 saturated heterocycles. The van der Waals surface area contributed by atoms with Gasteiger partial charge in [-0.25, -0.2) is 0 Å². The molecule has 2 aliphatic heterocycles. The summed E-state index contributed by atoms with van der Waals surface area (Å²) in [5.41, 5.74) is 2.46. The molecule has 0 radical (unpaired) electrons. The first-order valence-electron chi connectivity index (χ1n) is 10.9. The maximum absolute atomic E-state index is 12.8. The summed E-state index contributed by atoms with van der Waals surface area (Å²) in [6.45, 7) is 7.01. The first-order chi connectivity index (χ1) is 15.6. The Morgan fingerprint density at radius 3 is 2.34 bits per heavy atom. The number of aromatic hydroxyl groups is 1. The maximum Gasteiger partial charge on any atom is 0.232 e. The van der Waals surface area contributed by atoms with Gasteiger partial charge in [0.05, 0.1) is 11.1 Å². The minimum absolute atomic E-state index is 0.151. The van der Waals surface area contributed by atoms with Gasteiger partial charge in [-0.15, -0.1) is 0 Å². The summed E-state index contributed by atoms with van der Waals surface area (Å²) in [6.07, 6.45) is 1.61. The highest BCUT2D eigenvalue weighted by Gasteiger charge is 2.32. The Hall–Kier alpha value is -3.35. The highest BCUT2D eigenvalue weighted by molar-refractivity contribution is 6.14. The third-order valence-corrected chi connectivity index (χ3v) is 6.05. The predicted molar refractivity (Wildman–Crippen MR) is 121 cm³/mol. The highest BCUT2D eigenvalue weighted by Crippen LogP contribution is 2.40. The lowest BCUT2D eigenvalue weighted by Gasteiger charge is -2.35. The lowest BCUT2D eigenvalue weighted by atomic mass is 10.0. The summed E-state index contributed by atoms with van der Waals surface area (Å²) in [7, 11) is 0. The van der Waals surface area contributed by atoms with E-state index in [0.29, 0.717) is 29.2 Å². The number of ketones is 1. The average molecular weight is 431 g/mol. The zero-order valence-corrected chi connectivity index (χ0v) is 18.1. The van der Waals surface area contributed by atoms with Crippen LogP contribution in [0, 0.1) is 6.92 Å². The average Bonchev–Trinajstić information content (AvgIpc) is 3.35. The number of rotatable bonds is 5. The van der Waals surface area contributed by atoms with Gasteiger partial charge in [-0.05, 0) is 36.8 Å². The molecule has 5 rings (SSSR count). The quantitative estimate of drug-likeness (QED) is 0.611. The molecule has 0 aliphatic carbocycles. The highest BCUT2D eigenvalue weighted by atomic mass is 16.5. The van der Waals surface area contributed by atoms with Gasteiger partial charge in [0.15, 0.2) is 5.76 Å². The van der Waals surface area contributed by atoms with Gasteiger partial charge in [-0.3, -0.25) is 14.6 Å². The first kappa shape index (κ1) is 20.5. The fraction of sp³-hybridized carbons (Fsp3) is 0.269. The third kappa shape index (κ3) is 4.20. The van der Waals surface area contributed by atoms with Crippen molar-refractivity contribution >= 4 is 11.9 Å². The van der Waals surface area contributed by atoms with E-state index in [1.807, 2.05) is 19.1 Å². The fourth-order valence-electron chi connectivity index (χ4n) is 4.28. The van der Waals surface area contributed by atoms with Gasteiger partial charge in [-0.2, -0.15) is 0 Å². The van der Waals surface area contributed by atoms with E-state index >= 15 is 0 Å². The van der Waals surface area contributed by atoms with Crippen LogP contribution in [0.2, 0.25) is 0 Å². The van der Waals surface area contributed by atoms with Crippen molar-refractivity contribution in [1.82, 2.24) is 9.80 Å². The van der Waals surface area contributed by atoms with Crippen molar-refractivity contribution < 1.29 is 19.1 Å². The van der Waals surface area contributed by atoms with E-state index < -0.39 is 0 Å². The lowest BCUT2D eigenvalue weighted by molar-refractivity contribution is 0.101. The Morgan fingerprint density at radius 2 is 1.66 bits per heavy atom. The van der Waals surface area contributed by atoms with Gasteiger partial charge < -0.3 is 14.3 Å². The Balaban J connectivity index is 1.28. The standard InChI is InChI=1S/C26H26N2O4/c1-18-7-8-20(31-18)15-24-25(30)21-9-10-23(29)22(26(21)32-24)17-28-13-11-27(12-14-28)16-19-5-3-2-4-6-19/h2-10,15,29H,11-14,16-17H2,1H3/b24-15-. The summed E-state index contributed by atoms with van der Waals surface area (Å²) in [4.78, 5) is 17.6. The van der Waals surface area contributed by atoms with Crippen LogP contribution < -0.4 is 4.74 Å². The molecule has 164 valence electrons. The molecule has 6 nitrogen and oxygen atoms in total. The monoisotopic (exact) mass is 430 g/mol. The number of phenols is 1. The molecular weight excluding hydrogens is 404 g/mol. The molecule has 32 heavy (non-hydrogen) atoms. The van der Waals surface area contributed by atoms with E-state index in [4.69, 9.17) is 9.15 Å². The van der Waals surface area contributed by atoms with Crippen LogP contribution in [-0.2, 0) is 13.1 Å². The number of hydrogen-bond acceptors (Lipinski definition) is 6. The molecule has 6 heteroatoms. The summed E-state index contributed by atoms with van der Waals surface area (Å²) in [6, 6.07) is 17.3. The second kappa shape index (κ2) is 8.65. The topological polar surface area (TPSA) is 66.2 Å². The number of ether oxygens (including phenoxy) is 1. The normalized spacial score (nSPS) is 18.2. The van der Waals surface area contributed by atoms with Crippen molar-refractivity contribution in [3.63, 3.8) is 0 Å². The van der Waals surface area contributed by atoms with E-state index in [2.05, 4.69) is 34.1 Å². The van der Waals surface area contributed by atoms with Crippen LogP contribution in [0.5, 0.6) is 11.5 Å². The van der Waals surface area contributed by atoms with Gasteiger partial charge in [0.25, 0.3) is 0 Å². The molecule has 0 unspecified atom stereocenters. The van der Waals surface area contributed by atoms with Gasteiger partial charge in [0.2, 0.25) is 5.78 Å². The molecule has 1 fully saturated rings. The van der Waals surface area contributed by atoms with E-state index in [1.54, 1.807) is 24.3 Å². The molecule has 0 amide bonds.